The molecule has 3 heterocycles. The van der Waals surface area contributed by atoms with E-state index in [4.69, 9.17) is 0 Å². The highest BCUT2D eigenvalue weighted by atomic mass is 32.2. The molecule has 3 saturated heterocycles. The van der Waals surface area contributed by atoms with Crippen LogP contribution in [-0.2, 0) is 14.4 Å². The van der Waals surface area contributed by atoms with Crippen molar-refractivity contribution in [2.45, 2.75) is 68.5 Å². The van der Waals surface area contributed by atoms with Crippen LogP contribution >= 0.6 is 11.8 Å². The minimum Gasteiger partial charge on any atom is -0.481 e. The number of rotatable bonds is 8. The van der Waals surface area contributed by atoms with Crippen molar-refractivity contribution in [3.8, 4) is 0 Å². The average Bonchev–Trinajstić information content (AvgIpc) is 3.36. The first-order valence-electron chi connectivity index (χ1n) is 11.9. The Morgan fingerprint density at radius 3 is 2.65 bits per heavy atom. The smallest absolute Gasteiger partial charge is 0.308 e. The van der Waals surface area contributed by atoms with Crippen molar-refractivity contribution in [2.24, 2.45) is 11.8 Å². The standard InChI is InChI=1S/C26H34N2O5S/c1-6-12-27(18-13-15(3)8-9-16(18)4)23(31)21-26-11-10-25(5,34-26)20(24(32)33)19(26)22(30)28(21)17(7-2)14-29/h6,8-9,13,17,19-21,29H,1,7,10-12,14H2,2-5H3,(H,32,33)/t17-,19-,20+,21?,25-,26?/m0/s1. The number of benzene rings is 1. The van der Waals surface area contributed by atoms with Gasteiger partial charge >= 0.3 is 5.97 Å². The molecule has 4 rings (SSSR count). The van der Waals surface area contributed by atoms with E-state index in [1.54, 1.807) is 11.0 Å². The molecular formula is C26H34N2O5S. The molecule has 2 N–H and O–H groups in total. The Morgan fingerprint density at radius 2 is 2.06 bits per heavy atom. The number of anilines is 1. The number of carbonyl (C=O) groups excluding carboxylic acids is 2. The molecule has 0 aliphatic carbocycles. The first kappa shape index (κ1) is 24.8. The van der Waals surface area contributed by atoms with Crippen LogP contribution in [0.4, 0.5) is 5.69 Å². The summed E-state index contributed by atoms with van der Waals surface area (Å²) in [4.78, 5) is 43.9. The molecule has 3 fully saturated rings. The van der Waals surface area contributed by atoms with E-state index in [1.807, 2.05) is 45.9 Å². The van der Waals surface area contributed by atoms with E-state index in [2.05, 4.69) is 6.58 Å². The number of aryl methyl sites for hydroxylation is 2. The van der Waals surface area contributed by atoms with E-state index in [1.165, 1.54) is 16.7 Å². The van der Waals surface area contributed by atoms with Gasteiger partial charge in [0.15, 0.2) is 0 Å². The maximum absolute atomic E-state index is 14.4. The lowest BCUT2D eigenvalue weighted by molar-refractivity contribution is -0.150. The van der Waals surface area contributed by atoms with Gasteiger partial charge in [0.2, 0.25) is 5.91 Å². The number of carboxylic acids is 1. The third-order valence-electron chi connectivity index (χ3n) is 8.02. The summed E-state index contributed by atoms with van der Waals surface area (Å²) in [6.07, 6.45) is 3.37. The molecule has 2 amide bonds. The predicted octanol–water partition coefficient (Wildman–Crippen LogP) is 3.16. The largest absolute Gasteiger partial charge is 0.481 e. The van der Waals surface area contributed by atoms with Crippen LogP contribution in [0.1, 0.15) is 44.2 Å². The molecule has 7 nitrogen and oxygen atoms in total. The Bertz CT molecular complexity index is 1040. The van der Waals surface area contributed by atoms with Crippen LogP contribution in [0.15, 0.2) is 30.9 Å². The zero-order chi connectivity index (χ0) is 25.0. The van der Waals surface area contributed by atoms with Crippen molar-refractivity contribution < 1.29 is 24.6 Å². The highest BCUT2D eigenvalue weighted by Gasteiger charge is 2.78. The first-order chi connectivity index (χ1) is 16.1. The van der Waals surface area contributed by atoms with E-state index in [0.717, 1.165) is 16.8 Å². The van der Waals surface area contributed by atoms with Gasteiger partial charge in [0, 0.05) is 17.0 Å². The maximum Gasteiger partial charge on any atom is 0.308 e. The van der Waals surface area contributed by atoms with E-state index in [9.17, 15) is 24.6 Å². The Balaban J connectivity index is 1.88. The lowest BCUT2D eigenvalue weighted by atomic mass is 9.66. The molecule has 1 aromatic carbocycles. The third kappa shape index (κ3) is 3.40. The molecule has 184 valence electrons. The van der Waals surface area contributed by atoms with Gasteiger partial charge in [0.05, 0.1) is 29.2 Å². The molecule has 3 aliphatic rings. The van der Waals surface area contributed by atoms with Gasteiger partial charge in [-0.3, -0.25) is 14.4 Å². The fourth-order valence-electron chi connectivity index (χ4n) is 6.42. The van der Waals surface area contributed by atoms with Crippen LogP contribution in [0.2, 0.25) is 0 Å². The van der Waals surface area contributed by atoms with Crippen LogP contribution in [0, 0.1) is 25.7 Å². The van der Waals surface area contributed by atoms with Gasteiger partial charge in [-0.1, -0.05) is 25.1 Å². The van der Waals surface area contributed by atoms with Gasteiger partial charge in [-0.25, -0.2) is 0 Å². The van der Waals surface area contributed by atoms with Crippen molar-refractivity contribution >= 4 is 35.2 Å². The lowest BCUT2D eigenvalue weighted by Crippen LogP contribution is -2.57. The number of likely N-dealkylation sites (tertiary alicyclic amines) is 1. The normalized spacial score (nSPS) is 32.6. The van der Waals surface area contributed by atoms with E-state index in [-0.39, 0.29) is 25.0 Å². The zero-order valence-corrected chi connectivity index (χ0v) is 21.1. The maximum atomic E-state index is 14.4. The quantitative estimate of drug-likeness (QED) is 0.548. The minimum atomic E-state index is -0.988. The molecule has 2 bridgehead atoms. The van der Waals surface area contributed by atoms with Crippen LogP contribution < -0.4 is 4.90 Å². The van der Waals surface area contributed by atoms with Crippen LogP contribution in [0.25, 0.3) is 0 Å². The summed E-state index contributed by atoms with van der Waals surface area (Å²) in [5.41, 5.74) is 2.70. The summed E-state index contributed by atoms with van der Waals surface area (Å²) in [6, 6.07) is 4.51. The van der Waals surface area contributed by atoms with Gasteiger partial charge in [0.1, 0.15) is 6.04 Å². The van der Waals surface area contributed by atoms with E-state index >= 15 is 0 Å². The zero-order valence-electron chi connectivity index (χ0n) is 20.3. The van der Waals surface area contributed by atoms with Gasteiger partial charge in [-0.15, -0.1) is 18.3 Å². The number of fused-ring (bicyclic) bond motifs is 1. The number of aliphatic carboxylic acids is 1. The van der Waals surface area contributed by atoms with Crippen LogP contribution in [-0.4, -0.2) is 67.6 Å². The second-order valence-electron chi connectivity index (χ2n) is 10.1. The summed E-state index contributed by atoms with van der Waals surface area (Å²) >= 11 is 1.51. The number of aliphatic hydroxyl groups is 1. The number of hydrogen-bond acceptors (Lipinski definition) is 5. The summed E-state index contributed by atoms with van der Waals surface area (Å²) in [5.74, 6) is -3.19. The molecule has 8 heteroatoms. The number of aliphatic hydroxyl groups excluding tert-OH is 1. The summed E-state index contributed by atoms with van der Waals surface area (Å²) in [5, 5.41) is 20.3. The fraction of sp³-hybridized carbons (Fsp3) is 0.577. The molecule has 3 aliphatic heterocycles. The molecule has 0 saturated carbocycles. The van der Waals surface area contributed by atoms with Crippen LogP contribution in [0.3, 0.4) is 0 Å². The second kappa shape index (κ2) is 8.72. The van der Waals surface area contributed by atoms with Gasteiger partial charge in [0.25, 0.3) is 5.91 Å². The predicted molar refractivity (Wildman–Crippen MR) is 133 cm³/mol. The molecular weight excluding hydrogens is 452 g/mol. The number of amides is 2. The molecule has 6 atom stereocenters. The Kier molecular flexibility index (Phi) is 6.36. The molecule has 0 aromatic heterocycles. The Morgan fingerprint density at radius 1 is 1.35 bits per heavy atom. The van der Waals surface area contributed by atoms with E-state index < -0.39 is 39.4 Å². The van der Waals surface area contributed by atoms with Crippen LogP contribution in [0.5, 0.6) is 0 Å². The third-order valence-corrected chi connectivity index (χ3v) is 10.0. The molecule has 1 spiro atoms. The highest BCUT2D eigenvalue weighted by Crippen LogP contribution is 2.71. The molecule has 0 radical (unpaired) electrons. The monoisotopic (exact) mass is 486 g/mol. The van der Waals surface area contributed by atoms with Gasteiger partial charge in [-0.05, 0) is 57.2 Å². The Hall–Kier alpha value is -2.32. The van der Waals surface area contributed by atoms with Crippen molar-refractivity contribution in [1.82, 2.24) is 4.90 Å². The Labute approximate surface area is 205 Å². The lowest BCUT2D eigenvalue weighted by Gasteiger charge is -2.39. The van der Waals surface area contributed by atoms with Gasteiger partial charge < -0.3 is 20.0 Å². The number of thioether (sulfide) groups is 1. The summed E-state index contributed by atoms with van der Waals surface area (Å²) in [7, 11) is 0. The highest BCUT2D eigenvalue weighted by molar-refractivity contribution is 8.02. The van der Waals surface area contributed by atoms with Crippen molar-refractivity contribution in [3.05, 3.63) is 42.0 Å². The number of carboxylic acid groups (broad SMARTS) is 1. The van der Waals surface area contributed by atoms with E-state index in [0.29, 0.717) is 19.3 Å². The summed E-state index contributed by atoms with van der Waals surface area (Å²) < 4.78 is -1.42. The average molecular weight is 487 g/mol. The number of carbonyl (C=O) groups is 3. The SMILES string of the molecule is C=CCN(C(=O)C1N([C@@H](CC)CO)C(=O)[C@@H]2[C@H](C(=O)O)[C@]3(C)CCC12S3)c1cc(C)ccc1C. The number of hydrogen-bond donors (Lipinski definition) is 2. The molecule has 1 aromatic rings. The molecule has 34 heavy (non-hydrogen) atoms. The van der Waals surface area contributed by atoms with Crippen molar-refractivity contribution in [1.29, 1.82) is 0 Å². The minimum absolute atomic E-state index is 0.237. The van der Waals surface area contributed by atoms with Gasteiger partial charge in [-0.2, -0.15) is 0 Å². The van der Waals surface area contributed by atoms with Crippen molar-refractivity contribution in [3.63, 3.8) is 0 Å². The topological polar surface area (TPSA) is 98.2 Å². The summed E-state index contributed by atoms with van der Waals surface area (Å²) in [6.45, 7) is 11.5. The molecule has 2 unspecified atom stereocenters. The fourth-order valence-corrected chi connectivity index (χ4v) is 8.75. The number of nitrogens with zero attached hydrogens (tertiary/aromatic N) is 2. The van der Waals surface area contributed by atoms with Crippen molar-refractivity contribution in [2.75, 3.05) is 18.1 Å². The second-order valence-corrected chi connectivity index (χ2v) is 12.0. The first-order valence-corrected chi connectivity index (χ1v) is 12.7.